The molecule has 4 radical (unpaired) electrons. The molecular formula is C28H49B2N5O6Si3. The summed E-state index contributed by atoms with van der Waals surface area (Å²) in [6, 6.07) is 0. The van der Waals surface area contributed by atoms with Crippen LogP contribution in [0.5, 0.6) is 0 Å². The molecule has 0 amide bonds. The zero-order valence-corrected chi connectivity index (χ0v) is 31.3. The minimum absolute atomic E-state index is 0.0602. The Kier molecular flexibility index (Phi) is 11.3. The van der Waals surface area contributed by atoms with E-state index in [1.165, 1.54) is 6.33 Å². The number of imidazole rings is 1. The number of fused-ring (bicyclic) bond motifs is 2. The average molecular weight is 658 g/mol. The van der Waals surface area contributed by atoms with E-state index in [9.17, 15) is 9.90 Å². The molecule has 4 atom stereocenters. The van der Waals surface area contributed by atoms with Crippen molar-refractivity contribution in [2.75, 3.05) is 19.0 Å². The van der Waals surface area contributed by atoms with Gasteiger partial charge in [0, 0.05) is 22.5 Å². The molecule has 0 bridgehead atoms. The van der Waals surface area contributed by atoms with Crippen LogP contribution >= 0.6 is 0 Å². The molecule has 2 aromatic heterocycles. The van der Waals surface area contributed by atoms with E-state index in [2.05, 4.69) is 122 Å². The van der Waals surface area contributed by atoms with Gasteiger partial charge in [0.05, 0.1) is 12.9 Å². The molecule has 0 aliphatic carbocycles. The van der Waals surface area contributed by atoms with E-state index in [4.69, 9.17) is 17.7 Å². The molecule has 11 nitrogen and oxygen atoms in total. The normalized spacial score (nSPS) is 26.5. The number of aromatic amines is 1. The van der Waals surface area contributed by atoms with Crippen LogP contribution in [0.4, 0.5) is 5.95 Å². The molecule has 1 unspecified atom stereocenters. The highest BCUT2D eigenvalue weighted by Gasteiger charge is 2.65. The van der Waals surface area contributed by atoms with Crippen molar-refractivity contribution < 1.29 is 22.8 Å². The smallest absolute Gasteiger partial charge is 0.335 e. The highest BCUT2D eigenvalue weighted by atomic mass is 28.5. The number of rotatable bonds is 6. The van der Waals surface area contributed by atoms with Gasteiger partial charge in [-0.3, -0.25) is 14.3 Å². The second-order valence-electron chi connectivity index (χ2n) is 13.9. The van der Waals surface area contributed by atoms with Gasteiger partial charge in [-0.2, -0.15) is 4.98 Å². The number of nitrogens with one attached hydrogen (secondary N) is 2. The maximum atomic E-state index is 12.8. The van der Waals surface area contributed by atoms with Crippen LogP contribution in [-0.4, -0.2) is 96.8 Å². The predicted molar refractivity (Wildman–Crippen MR) is 183 cm³/mol. The van der Waals surface area contributed by atoms with E-state index >= 15 is 0 Å². The standard InChI is InChI=1S/C28H49N5O6Si3.B2/c1-17(2)41(18(3)4)36-15-21-23(38-42(39-41,19(5)6)20(7)8)28(35,13-14-40(10,11)12)26(37-21)33-16-30-22-24(33)31-27(29-9)32-25(22)34;1-2/h16-21,23,26,35H,15H2,1-12H3,(H2,29,31,32,34);/t21-,23+,26-,28?;/m1./s1. The van der Waals surface area contributed by atoms with Crippen molar-refractivity contribution in [2.45, 2.75) is 121 Å². The number of aromatic nitrogens is 4. The molecule has 2 fully saturated rings. The van der Waals surface area contributed by atoms with Crippen molar-refractivity contribution >= 4 is 57.8 Å². The molecule has 16 heteroatoms. The molecule has 44 heavy (non-hydrogen) atoms. The number of nitrogens with zero attached hydrogens (tertiary/aromatic N) is 3. The monoisotopic (exact) mass is 657 g/mol. The van der Waals surface area contributed by atoms with Crippen molar-refractivity contribution in [1.82, 2.24) is 19.5 Å². The van der Waals surface area contributed by atoms with Crippen molar-refractivity contribution in [3.63, 3.8) is 0 Å². The van der Waals surface area contributed by atoms with Crippen LogP contribution in [0.15, 0.2) is 11.1 Å². The summed E-state index contributed by atoms with van der Waals surface area (Å²) in [5.74, 6) is 3.51. The fourth-order valence-corrected chi connectivity index (χ4v) is 17.9. The van der Waals surface area contributed by atoms with Crippen LogP contribution in [-0.2, 0) is 17.7 Å². The molecule has 0 saturated carbocycles. The maximum Gasteiger partial charge on any atom is 0.335 e. The van der Waals surface area contributed by atoms with Gasteiger partial charge >= 0.3 is 17.1 Å². The first-order valence-electron chi connectivity index (χ1n) is 15.3. The van der Waals surface area contributed by atoms with Gasteiger partial charge < -0.3 is 28.1 Å². The van der Waals surface area contributed by atoms with Crippen molar-refractivity contribution in [3.8, 4) is 11.5 Å². The summed E-state index contributed by atoms with van der Waals surface area (Å²) in [7, 11) is 1.80. The second kappa shape index (κ2) is 13.6. The summed E-state index contributed by atoms with van der Waals surface area (Å²) in [5, 5.41) is 15.6. The second-order valence-corrected chi connectivity index (χ2v) is 27.4. The lowest BCUT2D eigenvalue weighted by Gasteiger charge is -2.51. The maximum absolute atomic E-state index is 12.8. The minimum atomic E-state index is -3.09. The highest BCUT2D eigenvalue weighted by molar-refractivity contribution is 6.84. The van der Waals surface area contributed by atoms with Gasteiger partial charge in [0.15, 0.2) is 23.0 Å². The fourth-order valence-electron chi connectivity index (χ4n) is 6.10. The molecule has 2 saturated heterocycles. The number of H-pyrrole nitrogens is 1. The third-order valence-corrected chi connectivity index (χ3v) is 19.4. The topological polar surface area (TPSA) is 133 Å². The molecule has 0 aromatic carbocycles. The zero-order chi connectivity index (χ0) is 33.4. The number of anilines is 1. The van der Waals surface area contributed by atoms with E-state index in [0.717, 1.165) is 0 Å². The summed E-state index contributed by atoms with van der Waals surface area (Å²) in [6.45, 7) is 23.8. The fraction of sp³-hybridized carbons (Fsp3) is 0.750. The van der Waals surface area contributed by atoms with E-state index in [1.54, 1.807) is 11.6 Å². The van der Waals surface area contributed by atoms with Crippen LogP contribution in [0.1, 0.15) is 61.6 Å². The number of aliphatic hydroxyl groups is 1. The van der Waals surface area contributed by atoms with Crippen molar-refractivity contribution in [2.24, 2.45) is 0 Å². The SMILES string of the molecule is CNc1nc2c(ncn2[C@@H]2O[C@@H]3CO[Si](C(C)C)(C(C)C)O[Si](C(C)C)(C(C)C)O[C@@H]3C2(O)C#C[Si](C)(C)C)c(=O)[nH]1.[B][B]. The molecule has 4 heterocycles. The van der Waals surface area contributed by atoms with E-state index in [0.29, 0.717) is 0 Å². The Balaban J connectivity index is 0.00000259. The van der Waals surface area contributed by atoms with E-state index in [1.807, 2.05) is 0 Å². The van der Waals surface area contributed by atoms with E-state index < -0.39 is 54.8 Å². The van der Waals surface area contributed by atoms with Crippen molar-refractivity contribution in [1.29, 1.82) is 0 Å². The summed E-state index contributed by atoms with van der Waals surface area (Å²) in [4.78, 5) is 24.4. The summed E-state index contributed by atoms with van der Waals surface area (Å²) < 4.78 is 29.8. The summed E-state index contributed by atoms with van der Waals surface area (Å²) >= 11 is 0. The Morgan fingerprint density at radius 2 is 1.66 bits per heavy atom. The lowest BCUT2D eigenvalue weighted by molar-refractivity contribution is -0.0706. The van der Waals surface area contributed by atoms with Gasteiger partial charge in [-0.15, -0.1) is 5.54 Å². The Morgan fingerprint density at radius 1 is 1.09 bits per heavy atom. The van der Waals surface area contributed by atoms with Crippen LogP contribution < -0.4 is 10.9 Å². The Bertz CT molecular complexity index is 1400. The largest absolute Gasteiger partial charge is 0.414 e. The first-order valence-corrected chi connectivity index (χ1v) is 22.8. The summed E-state index contributed by atoms with van der Waals surface area (Å²) in [5.41, 5.74) is 2.05. The molecular weight excluding hydrogens is 608 g/mol. The van der Waals surface area contributed by atoms with Gasteiger partial charge in [-0.25, -0.2) is 4.98 Å². The number of hydrogen-bond acceptors (Lipinski definition) is 9. The van der Waals surface area contributed by atoms with Gasteiger partial charge in [-0.05, 0) is 22.2 Å². The van der Waals surface area contributed by atoms with Crippen LogP contribution in [0.2, 0.25) is 41.8 Å². The van der Waals surface area contributed by atoms with Crippen LogP contribution in [0.3, 0.4) is 0 Å². The molecule has 4 rings (SSSR count). The Hall–Kier alpha value is -1.71. The molecule has 2 aliphatic rings. The highest BCUT2D eigenvalue weighted by Crippen LogP contribution is 2.51. The van der Waals surface area contributed by atoms with Gasteiger partial charge in [0.1, 0.15) is 20.3 Å². The summed E-state index contributed by atoms with van der Waals surface area (Å²) in [6.07, 6.45) is -1.08. The average Bonchev–Trinajstić information content (AvgIpc) is 3.46. The first-order chi connectivity index (χ1) is 20.4. The van der Waals surface area contributed by atoms with Gasteiger partial charge in [-0.1, -0.05) is 81.0 Å². The third kappa shape index (κ3) is 6.57. The quantitative estimate of drug-likeness (QED) is 0.313. The Morgan fingerprint density at radius 3 is 2.16 bits per heavy atom. The number of hydrogen-bond donors (Lipinski definition) is 3. The minimum Gasteiger partial charge on any atom is -0.414 e. The lowest BCUT2D eigenvalue weighted by atomic mass is 9.81. The molecule has 240 valence electrons. The molecule has 2 aromatic rings. The van der Waals surface area contributed by atoms with Crippen LogP contribution in [0.25, 0.3) is 11.2 Å². The first kappa shape index (κ1) is 36.8. The van der Waals surface area contributed by atoms with Crippen molar-refractivity contribution in [3.05, 3.63) is 16.7 Å². The molecule has 0 spiro atoms. The number of ether oxygens (including phenoxy) is 1. The van der Waals surface area contributed by atoms with Crippen LogP contribution in [0, 0.1) is 11.5 Å². The van der Waals surface area contributed by atoms with Gasteiger partial charge in [0.2, 0.25) is 5.95 Å². The molecule has 2 aliphatic heterocycles. The van der Waals surface area contributed by atoms with E-state index in [-0.39, 0.29) is 45.9 Å². The van der Waals surface area contributed by atoms with Gasteiger partial charge in [0.25, 0.3) is 5.56 Å². The molecule has 3 N–H and O–H groups in total. The Labute approximate surface area is 267 Å². The third-order valence-electron chi connectivity index (χ3n) is 8.33. The lowest BCUT2D eigenvalue weighted by Crippen LogP contribution is -2.67. The predicted octanol–water partition coefficient (Wildman–Crippen LogP) is 3.87. The zero-order valence-electron chi connectivity index (χ0n) is 28.3.